The molecule has 0 heterocycles. The molecule has 8 heavy (non-hydrogen) atoms. The van der Waals surface area contributed by atoms with Crippen molar-refractivity contribution in [1.29, 1.82) is 0 Å². The molecule has 0 amide bonds. The zero-order valence-electron chi connectivity index (χ0n) is 5.26. The maximum atomic E-state index is 10.1. The van der Waals surface area contributed by atoms with Crippen LogP contribution in [0.2, 0.25) is 0 Å². The molecule has 0 unspecified atom stereocenters. The Morgan fingerprint density at radius 2 is 1.88 bits per heavy atom. The van der Waals surface area contributed by atoms with E-state index in [9.17, 15) is 4.79 Å². The Morgan fingerprint density at radius 3 is 1.88 bits per heavy atom. The first-order valence-corrected chi connectivity index (χ1v) is 4.24. The van der Waals surface area contributed by atoms with Gasteiger partial charge in [0, 0.05) is 0 Å². The predicted molar refractivity (Wildman–Crippen MR) is 37.8 cm³/mol. The van der Waals surface area contributed by atoms with E-state index in [1.54, 1.807) is 6.92 Å². The van der Waals surface area contributed by atoms with Crippen LogP contribution in [0.25, 0.3) is 0 Å². The Bertz CT molecular complexity index is 133. The summed E-state index contributed by atoms with van der Waals surface area (Å²) < 4.78 is 0. The number of carbonyl (C=O) groups is 1. The molecule has 48 valence electrons. The van der Waals surface area contributed by atoms with Crippen molar-refractivity contribution in [1.82, 2.24) is 0 Å². The average molecular weight is 134 g/mol. The first kappa shape index (κ1) is 7.69. The van der Waals surface area contributed by atoms with E-state index in [0.717, 1.165) is 0 Å². The SMILES string of the molecule is CC(C(=O)O)=S(C)C. The number of hydrogen-bond donors (Lipinski definition) is 1. The first-order chi connectivity index (χ1) is 3.55. The summed E-state index contributed by atoms with van der Waals surface area (Å²) in [5, 5.41) is 8.32. The topological polar surface area (TPSA) is 37.3 Å². The van der Waals surface area contributed by atoms with Crippen molar-refractivity contribution in [2.24, 2.45) is 0 Å². The molecule has 0 rings (SSSR count). The van der Waals surface area contributed by atoms with Gasteiger partial charge in [0.25, 0.3) is 0 Å². The van der Waals surface area contributed by atoms with E-state index in [1.165, 1.54) is 0 Å². The molecule has 0 fully saturated rings. The predicted octanol–water partition coefficient (Wildman–Crippen LogP) is 0.792. The van der Waals surface area contributed by atoms with Crippen LogP contribution in [-0.4, -0.2) is 28.5 Å². The Kier molecular flexibility index (Phi) is 2.76. The van der Waals surface area contributed by atoms with E-state index in [2.05, 4.69) is 0 Å². The van der Waals surface area contributed by atoms with E-state index in [-0.39, 0.29) is 10.5 Å². The van der Waals surface area contributed by atoms with Gasteiger partial charge >= 0.3 is 5.97 Å². The Balaban J connectivity index is 4.23. The second-order valence-corrected chi connectivity index (χ2v) is 3.92. The summed E-state index contributed by atoms with van der Waals surface area (Å²) in [6.07, 6.45) is 3.78. The van der Waals surface area contributed by atoms with Gasteiger partial charge in [0.2, 0.25) is 0 Å². The van der Waals surface area contributed by atoms with Crippen molar-refractivity contribution in [2.75, 3.05) is 12.5 Å². The Labute approximate surface area is 51.4 Å². The standard InChI is InChI=1S/C5H10O2S/c1-4(5(6)7)8(2)3/h1-3H3,(H,6,7). The third-order valence-electron chi connectivity index (χ3n) is 0.914. The molecule has 0 aromatic rings. The number of carboxylic acid groups (broad SMARTS) is 1. The van der Waals surface area contributed by atoms with Gasteiger partial charge in [-0.1, -0.05) is 0 Å². The molecule has 0 aliphatic rings. The molecule has 0 saturated heterocycles. The summed E-state index contributed by atoms with van der Waals surface area (Å²) in [5.41, 5.74) is 0. The number of carboxylic acids is 1. The molecular formula is C5H10O2S. The van der Waals surface area contributed by atoms with Crippen LogP contribution in [0.1, 0.15) is 6.92 Å². The summed E-state index contributed by atoms with van der Waals surface area (Å²) >= 11 is 0. The highest BCUT2D eigenvalue weighted by Gasteiger charge is 1.98. The zero-order chi connectivity index (χ0) is 6.73. The highest BCUT2D eigenvalue weighted by atomic mass is 32.2. The smallest absolute Gasteiger partial charge is 0.336 e. The maximum absolute atomic E-state index is 10.1. The largest absolute Gasteiger partial charge is 0.478 e. The molecule has 3 heteroatoms. The molecule has 0 spiro atoms. The van der Waals surface area contributed by atoms with Crippen LogP contribution >= 0.6 is 10.5 Å². The molecule has 0 aliphatic carbocycles. The van der Waals surface area contributed by atoms with Crippen molar-refractivity contribution < 1.29 is 9.90 Å². The van der Waals surface area contributed by atoms with Crippen molar-refractivity contribution in [3.63, 3.8) is 0 Å². The minimum Gasteiger partial charge on any atom is -0.478 e. The summed E-state index contributed by atoms with van der Waals surface area (Å²) in [6.45, 7) is 1.64. The lowest BCUT2D eigenvalue weighted by molar-refractivity contribution is -0.129. The molecular weight excluding hydrogens is 124 g/mol. The van der Waals surface area contributed by atoms with Gasteiger partial charge in [-0.05, 0) is 19.4 Å². The van der Waals surface area contributed by atoms with E-state index >= 15 is 0 Å². The van der Waals surface area contributed by atoms with Gasteiger partial charge in [0.15, 0.2) is 0 Å². The minimum absolute atomic E-state index is 0.0733. The summed E-state index contributed by atoms with van der Waals surface area (Å²) in [4.78, 5) is 10.7. The number of aliphatic carboxylic acids is 1. The fourth-order valence-electron chi connectivity index (χ4n) is 0.175. The lowest BCUT2D eigenvalue weighted by Gasteiger charge is -1.94. The van der Waals surface area contributed by atoms with Crippen LogP contribution in [0.15, 0.2) is 0 Å². The Morgan fingerprint density at radius 1 is 1.50 bits per heavy atom. The minimum atomic E-state index is -0.779. The van der Waals surface area contributed by atoms with E-state index < -0.39 is 5.97 Å². The first-order valence-electron chi connectivity index (χ1n) is 2.20. The third kappa shape index (κ3) is 2.12. The molecule has 0 radical (unpaired) electrons. The zero-order valence-corrected chi connectivity index (χ0v) is 6.08. The summed E-state index contributed by atoms with van der Waals surface area (Å²) in [6, 6.07) is 0. The van der Waals surface area contributed by atoms with Crippen LogP contribution in [0.4, 0.5) is 0 Å². The highest BCUT2D eigenvalue weighted by Crippen LogP contribution is 2.00. The van der Waals surface area contributed by atoms with Crippen molar-refractivity contribution in [3.05, 3.63) is 0 Å². The Hall–Kier alpha value is -0.310. The summed E-state index contributed by atoms with van der Waals surface area (Å²) in [5.74, 6) is -0.779. The molecule has 0 bridgehead atoms. The molecule has 0 saturated carbocycles. The second kappa shape index (κ2) is 2.87. The average Bonchev–Trinajstić information content (AvgIpc) is 1.64. The van der Waals surface area contributed by atoms with Crippen LogP contribution in [-0.2, 0) is 4.79 Å². The van der Waals surface area contributed by atoms with Gasteiger partial charge in [-0.2, -0.15) is 10.5 Å². The highest BCUT2D eigenvalue weighted by molar-refractivity contribution is 8.15. The quantitative estimate of drug-likeness (QED) is 0.538. The van der Waals surface area contributed by atoms with Gasteiger partial charge in [0.05, 0.1) is 4.86 Å². The third-order valence-corrected chi connectivity index (χ3v) is 2.31. The van der Waals surface area contributed by atoms with E-state index in [0.29, 0.717) is 4.86 Å². The number of rotatable bonds is 1. The number of hydrogen-bond acceptors (Lipinski definition) is 1. The normalized spacial score (nSPS) is 9.50. The van der Waals surface area contributed by atoms with Crippen LogP contribution in [0.5, 0.6) is 0 Å². The molecule has 0 aromatic carbocycles. The van der Waals surface area contributed by atoms with E-state index in [4.69, 9.17) is 5.11 Å². The van der Waals surface area contributed by atoms with Crippen LogP contribution in [0, 0.1) is 0 Å². The van der Waals surface area contributed by atoms with Crippen molar-refractivity contribution in [3.8, 4) is 0 Å². The second-order valence-electron chi connectivity index (χ2n) is 1.68. The van der Waals surface area contributed by atoms with Gasteiger partial charge in [-0.3, -0.25) is 0 Å². The summed E-state index contributed by atoms with van der Waals surface area (Å²) in [7, 11) is -0.0733. The van der Waals surface area contributed by atoms with E-state index in [1.807, 2.05) is 12.5 Å². The fraction of sp³-hybridized carbons (Fsp3) is 0.600. The van der Waals surface area contributed by atoms with Crippen molar-refractivity contribution >= 4 is 21.3 Å². The molecule has 2 nitrogen and oxygen atoms in total. The maximum Gasteiger partial charge on any atom is 0.336 e. The monoisotopic (exact) mass is 134 g/mol. The fourth-order valence-corrected chi connectivity index (χ4v) is 0.524. The van der Waals surface area contributed by atoms with Crippen LogP contribution in [0.3, 0.4) is 0 Å². The lowest BCUT2D eigenvalue weighted by atomic mass is 10.5. The lowest BCUT2D eigenvalue weighted by Crippen LogP contribution is -2.07. The molecule has 0 aromatic heterocycles. The molecule has 1 N–H and O–H groups in total. The van der Waals surface area contributed by atoms with Crippen LogP contribution < -0.4 is 0 Å². The van der Waals surface area contributed by atoms with Gasteiger partial charge in [0.1, 0.15) is 0 Å². The molecule has 0 aliphatic heterocycles. The van der Waals surface area contributed by atoms with Gasteiger partial charge in [-0.25, -0.2) is 4.79 Å². The van der Waals surface area contributed by atoms with Gasteiger partial charge < -0.3 is 5.11 Å². The molecule has 0 atom stereocenters. The van der Waals surface area contributed by atoms with Gasteiger partial charge in [-0.15, -0.1) is 0 Å². The van der Waals surface area contributed by atoms with Crippen molar-refractivity contribution in [2.45, 2.75) is 6.92 Å².